The van der Waals surface area contributed by atoms with Crippen LogP contribution in [-0.4, -0.2) is 17.7 Å². The lowest BCUT2D eigenvalue weighted by Crippen LogP contribution is -2.09. The molecule has 0 heterocycles. The van der Waals surface area contributed by atoms with Crippen LogP contribution in [0.4, 0.5) is 0 Å². The summed E-state index contributed by atoms with van der Waals surface area (Å²) in [5.41, 5.74) is 2.25. The average Bonchev–Trinajstić information content (AvgIpc) is 2.18. The van der Waals surface area contributed by atoms with Crippen LogP contribution in [-0.2, 0) is 0 Å². The third-order valence-corrected chi connectivity index (χ3v) is 2.40. The van der Waals surface area contributed by atoms with E-state index < -0.39 is 5.97 Å². The molecular formula is C13H18O3. The Bertz CT molecular complexity index is 394. The van der Waals surface area contributed by atoms with Crippen molar-refractivity contribution >= 4 is 5.97 Å². The van der Waals surface area contributed by atoms with Crippen molar-refractivity contribution in [3.05, 3.63) is 28.8 Å². The van der Waals surface area contributed by atoms with E-state index in [0.29, 0.717) is 18.3 Å². The Morgan fingerprint density at radius 2 is 1.88 bits per heavy atom. The normalized spacial score (nSPS) is 10.6. The molecule has 1 aromatic rings. The molecule has 1 rings (SSSR count). The van der Waals surface area contributed by atoms with Crippen LogP contribution in [0.5, 0.6) is 5.75 Å². The molecule has 0 amide bonds. The lowest BCUT2D eigenvalue weighted by Gasteiger charge is -2.13. The summed E-state index contributed by atoms with van der Waals surface area (Å²) in [7, 11) is 0. The number of aryl methyl sites for hydroxylation is 2. The molecule has 0 spiro atoms. The van der Waals surface area contributed by atoms with E-state index in [9.17, 15) is 4.79 Å². The van der Waals surface area contributed by atoms with Gasteiger partial charge in [-0.1, -0.05) is 13.8 Å². The van der Waals surface area contributed by atoms with Crippen molar-refractivity contribution in [2.45, 2.75) is 27.7 Å². The molecule has 3 nitrogen and oxygen atoms in total. The van der Waals surface area contributed by atoms with Crippen LogP contribution in [0.15, 0.2) is 12.1 Å². The molecule has 0 atom stereocenters. The van der Waals surface area contributed by atoms with Gasteiger partial charge in [-0.2, -0.15) is 0 Å². The Balaban J connectivity index is 3.05. The van der Waals surface area contributed by atoms with Crippen LogP contribution in [0.3, 0.4) is 0 Å². The van der Waals surface area contributed by atoms with E-state index in [1.165, 1.54) is 0 Å². The largest absolute Gasteiger partial charge is 0.492 e. The quantitative estimate of drug-likeness (QED) is 0.851. The first-order valence-electron chi connectivity index (χ1n) is 5.39. The Morgan fingerprint density at radius 3 is 2.38 bits per heavy atom. The molecular weight excluding hydrogens is 204 g/mol. The van der Waals surface area contributed by atoms with Gasteiger partial charge in [0.2, 0.25) is 0 Å². The lowest BCUT2D eigenvalue weighted by atomic mass is 10.1. The summed E-state index contributed by atoms with van der Waals surface area (Å²) in [5, 5.41) is 9.07. The number of aromatic carboxylic acids is 1. The molecule has 1 aromatic carbocycles. The maximum absolute atomic E-state index is 11.0. The highest BCUT2D eigenvalue weighted by atomic mass is 16.5. The van der Waals surface area contributed by atoms with E-state index in [1.807, 2.05) is 27.7 Å². The van der Waals surface area contributed by atoms with Gasteiger partial charge in [0.05, 0.1) is 6.61 Å². The molecule has 0 fully saturated rings. The molecule has 3 heteroatoms. The van der Waals surface area contributed by atoms with Gasteiger partial charge in [-0.25, -0.2) is 4.79 Å². The third kappa shape index (κ3) is 2.99. The second kappa shape index (κ2) is 5.01. The minimum absolute atomic E-state index is 0.240. The highest BCUT2D eigenvalue weighted by molar-refractivity contribution is 5.91. The van der Waals surface area contributed by atoms with Gasteiger partial charge >= 0.3 is 5.97 Å². The Morgan fingerprint density at radius 1 is 1.31 bits per heavy atom. The summed E-state index contributed by atoms with van der Waals surface area (Å²) < 4.78 is 5.51. The lowest BCUT2D eigenvalue weighted by molar-refractivity contribution is 0.0691. The van der Waals surface area contributed by atoms with Gasteiger partial charge in [0.15, 0.2) is 0 Å². The van der Waals surface area contributed by atoms with E-state index in [1.54, 1.807) is 12.1 Å². The first kappa shape index (κ1) is 12.6. The summed E-state index contributed by atoms with van der Waals surface area (Å²) in [6.45, 7) is 8.43. The minimum Gasteiger partial charge on any atom is -0.492 e. The first-order chi connectivity index (χ1) is 7.41. The minimum atomic E-state index is -0.943. The average molecular weight is 222 g/mol. The first-order valence-corrected chi connectivity index (χ1v) is 5.39. The molecule has 16 heavy (non-hydrogen) atoms. The summed E-state index contributed by atoms with van der Waals surface area (Å²) in [6.07, 6.45) is 0. The fourth-order valence-corrected chi connectivity index (χ4v) is 1.33. The topological polar surface area (TPSA) is 46.5 Å². The summed E-state index contributed by atoms with van der Waals surface area (Å²) >= 11 is 0. The number of rotatable bonds is 4. The Hall–Kier alpha value is -1.51. The standard InChI is InChI=1S/C13H18O3/c1-8(2)7-16-12-6-10(4)9(3)5-11(12)13(14)15/h5-6,8H,7H2,1-4H3,(H,14,15). The summed E-state index contributed by atoms with van der Waals surface area (Å²) in [4.78, 5) is 11.0. The van der Waals surface area contributed by atoms with Gasteiger partial charge in [0, 0.05) is 0 Å². The van der Waals surface area contributed by atoms with Crippen LogP contribution in [0.25, 0.3) is 0 Å². The van der Waals surface area contributed by atoms with E-state index in [2.05, 4.69) is 0 Å². The number of hydrogen-bond donors (Lipinski definition) is 1. The Labute approximate surface area is 96.1 Å². The fraction of sp³-hybridized carbons (Fsp3) is 0.462. The number of ether oxygens (including phenoxy) is 1. The maximum atomic E-state index is 11.0. The second-order valence-corrected chi connectivity index (χ2v) is 4.44. The van der Waals surface area contributed by atoms with E-state index in [4.69, 9.17) is 9.84 Å². The SMILES string of the molecule is Cc1cc(OCC(C)C)c(C(=O)O)cc1C. The van der Waals surface area contributed by atoms with Crippen molar-refractivity contribution in [1.82, 2.24) is 0 Å². The van der Waals surface area contributed by atoms with Gasteiger partial charge in [0.1, 0.15) is 11.3 Å². The third-order valence-electron chi connectivity index (χ3n) is 2.40. The van der Waals surface area contributed by atoms with Crippen molar-refractivity contribution in [1.29, 1.82) is 0 Å². The molecule has 0 saturated carbocycles. The summed E-state index contributed by atoms with van der Waals surface area (Å²) in [5.74, 6) is -0.102. The Kier molecular flexibility index (Phi) is 3.93. The molecule has 0 unspecified atom stereocenters. The molecule has 0 aliphatic heterocycles. The molecule has 0 aliphatic rings. The number of hydrogen-bond acceptors (Lipinski definition) is 2. The van der Waals surface area contributed by atoms with Gasteiger partial charge in [-0.3, -0.25) is 0 Å². The number of benzene rings is 1. The van der Waals surface area contributed by atoms with Crippen LogP contribution < -0.4 is 4.74 Å². The number of carboxylic acids is 1. The van der Waals surface area contributed by atoms with Gasteiger partial charge in [0.25, 0.3) is 0 Å². The van der Waals surface area contributed by atoms with E-state index in [-0.39, 0.29) is 5.56 Å². The van der Waals surface area contributed by atoms with E-state index >= 15 is 0 Å². The van der Waals surface area contributed by atoms with E-state index in [0.717, 1.165) is 11.1 Å². The van der Waals surface area contributed by atoms with Crippen molar-refractivity contribution in [3.63, 3.8) is 0 Å². The second-order valence-electron chi connectivity index (χ2n) is 4.44. The molecule has 0 radical (unpaired) electrons. The van der Waals surface area contributed by atoms with Crippen molar-refractivity contribution in [2.24, 2.45) is 5.92 Å². The number of carboxylic acid groups (broad SMARTS) is 1. The maximum Gasteiger partial charge on any atom is 0.339 e. The van der Waals surface area contributed by atoms with Crippen LogP contribution in [0.2, 0.25) is 0 Å². The molecule has 0 aliphatic carbocycles. The zero-order valence-electron chi connectivity index (χ0n) is 10.2. The van der Waals surface area contributed by atoms with Crippen molar-refractivity contribution in [2.75, 3.05) is 6.61 Å². The predicted molar refractivity (Wildman–Crippen MR) is 63.2 cm³/mol. The highest BCUT2D eigenvalue weighted by Gasteiger charge is 2.13. The van der Waals surface area contributed by atoms with Crippen LogP contribution >= 0.6 is 0 Å². The van der Waals surface area contributed by atoms with Gasteiger partial charge in [-0.05, 0) is 43.0 Å². The zero-order valence-corrected chi connectivity index (χ0v) is 10.2. The highest BCUT2D eigenvalue weighted by Crippen LogP contribution is 2.23. The molecule has 0 aromatic heterocycles. The molecule has 88 valence electrons. The monoisotopic (exact) mass is 222 g/mol. The molecule has 1 N–H and O–H groups in total. The van der Waals surface area contributed by atoms with Crippen LogP contribution in [0.1, 0.15) is 35.3 Å². The van der Waals surface area contributed by atoms with Crippen LogP contribution in [0, 0.1) is 19.8 Å². The summed E-state index contributed by atoms with van der Waals surface area (Å²) in [6, 6.07) is 3.45. The molecule has 0 bridgehead atoms. The molecule has 0 saturated heterocycles. The zero-order chi connectivity index (χ0) is 12.3. The van der Waals surface area contributed by atoms with Gasteiger partial charge < -0.3 is 9.84 Å². The van der Waals surface area contributed by atoms with Crippen molar-refractivity contribution in [3.8, 4) is 5.75 Å². The predicted octanol–water partition coefficient (Wildman–Crippen LogP) is 3.04. The van der Waals surface area contributed by atoms with Crippen molar-refractivity contribution < 1.29 is 14.6 Å². The number of carbonyl (C=O) groups is 1. The smallest absolute Gasteiger partial charge is 0.339 e. The van der Waals surface area contributed by atoms with Gasteiger partial charge in [-0.15, -0.1) is 0 Å². The fourth-order valence-electron chi connectivity index (χ4n) is 1.33.